The monoisotopic (exact) mass is 323 g/mol. The molecule has 0 aliphatic rings. The maximum atomic E-state index is 14.8. The first-order chi connectivity index (χ1) is 10.9. The number of hydrogen-bond acceptors (Lipinski definition) is 3. The summed E-state index contributed by atoms with van der Waals surface area (Å²) in [5.74, 6) is -0.843. The van der Waals surface area contributed by atoms with E-state index in [4.69, 9.17) is 0 Å². The van der Waals surface area contributed by atoms with Crippen molar-refractivity contribution in [2.24, 2.45) is 0 Å². The Morgan fingerprint density at radius 2 is 1.83 bits per heavy atom. The van der Waals surface area contributed by atoms with Gasteiger partial charge in [-0.2, -0.15) is 0 Å². The zero-order valence-electron chi connectivity index (χ0n) is 14.2. The van der Waals surface area contributed by atoms with Gasteiger partial charge in [0.15, 0.2) is 5.67 Å². The molecule has 0 fully saturated rings. The number of amides is 2. The Hall–Kier alpha value is -1.91. The molecule has 4 nitrogen and oxygen atoms in total. The van der Waals surface area contributed by atoms with E-state index in [0.29, 0.717) is 6.42 Å². The van der Waals surface area contributed by atoms with Gasteiger partial charge in [0.05, 0.1) is 13.7 Å². The van der Waals surface area contributed by atoms with Crippen LogP contribution in [0.3, 0.4) is 0 Å². The minimum absolute atomic E-state index is 0.000810. The van der Waals surface area contributed by atoms with Gasteiger partial charge in [0, 0.05) is 0 Å². The third-order valence-corrected chi connectivity index (χ3v) is 3.77. The largest absolute Gasteiger partial charge is 0.452 e. The maximum Gasteiger partial charge on any atom is 0.416 e. The molecule has 1 aromatic carbocycles. The summed E-state index contributed by atoms with van der Waals surface area (Å²) in [6, 6.07) is 8.99. The van der Waals surface area contributed by atoms with Crippen molar-refractivity contribution in [3.8, 4) is 0 Å². The maximum absolute atomic E-state index is 14.8. The molecule has 0 spiro atoms. The molecule has 1 rings (SSSR count). The fraction of sp³-hybridized carbons (Fsp3) is 0.556. The van der Waals surface area contributed by atoms with Crippen LogP contribution < -0.4 is 0 Å². The molecule has 1 atom stereocenters. The Labute approximate surface area is 137 Å². The van der Waals surface area contributed by atoms with Crippen molar-refractivity contribution in [1.82, 2.24) is 4.90 Å². The molecule has 0 radical (unpaired) electrons. The molecule has 0 saturated carbocycles. The highest BCUT2D eigenvalue weighted by atomic mass is 19.1. The molecule has 0 aliphatic heterocycles. The highest BCUT2D eigenvalue weighted by molar-refractivity contribution is 5.96. The number of halogens is 1. The molecule has 0 saturated heterocycles. The van der Waals surface area contributed by atoms with Crippen molar-refractivity contribution in [2.75, 3.05) is 7.11 Å². The van der Waals surface area contributed by atoms with Gasteiger partial charge in [-0.25, -0.2) is 14.1 Å². The van der Waals surface area contributed by atoms with E-state index in [9.17, 15) is 14.0 Å². The first-order valence-electron chi connectivity index (χ1n) is 8.05. The zero-order chi connectivity index (χ0) is 17.3. The summed E-state index contributed by atoms with van der Waals surface area (Å²) in [5.41, 5.74) is -1.33. The summed E-state index contributed by atoms with van der Waals surface area (Å²) < 4.78 is 19.4. The van der Waals surface area contributed by atoms with Gasteiger partial charge in [-0.05, 0) is 25.3 Å². The molecule has 0 heterocycles. The lowest BCUT2D eigenvalue weighted by Gasteiger charge is -2.27. The van der Waals surface area contributed by atoms with Crippen LogP contribution in [0, 0.1) is 0 Å². The molecule has 2 amide bonds. The lowest BCUT2D eigenvalue weighted by molar-refractivity contribution is -0.142. The third kappa shape index (κ3) is 6.00. The van der Waals surface area contributed by atoms with Gasteiger partial charge in [0.1, 0.15) is 0 Å². The van der Waals surface area contributed by atoms with Crippen molar-refractivity contribution >= 4 is 12.0 Å². The van der Waals surface area contributed by atoms with Crippen LogP contribution in [0.2, 0.25) is 0 Å². The van der Waals surface area contributed by atoms with E-state index in [1.54, 1.807) is 24.3 Å². The van der Waals surface area contributed by atoms with Crippen LogP contribution in [0.1, 0.15) is 51.5 Å². The zero-order valence-corrected chi connectivity index (χ0v) is 14.2. The van der Waals surface area contributed by atoms with Gasteiger partial charge >= 0.3 is 6.09 Å². The Kier molecular flexibility index (Phi) is 7.72. The number of rotatable bonds is 8. The van der Waals surface area contributed by atoms with E-state index in [1.165, 1.54) is 14.0 Å². The van der Waals surface area contributed by atoms with Crippen molar-refractivity contribution in [3.63, 3.8) is 0 Å². The lowest BCUT2D eigenvalue weighted by atomic mass is 9.98. The number of alkyl halides is 1. The number of carbonyl (C=O) groups excluding carboxylic acids is 2. The van der Waals surface area contributed by atoms with Crippen molar-refractivity contribution < 1.29 is 18.7 Å². The second-order valence-corrected chi connectivity index (χ2v) is 5.86. The van der Waals surface area contributed by atoms with Crippen LogP contribution >= 0.6 is 0 Å². The summed E-state index contributed by atoms with van der Waals surface area (Å²) >= 11 is 0. The molecule has 0 N–H and O–H groups in total. The predicted molar refractivity (Wildman–Crippen MR) is 87.7 cm³/mol. The van der Waals surface area contributed by atoms with E-state index in [0.717, 1.165) is 29.7 Å². The first kappa shape index (κ1) is 19.1. The number of ether oxygens (including phenoxy) is 1. The highest BCUT2D eigenvalue weighted by Crippen LogP contribution is 2.24. The minimum Gasteiger partial charge on any atom is -0.452 e. The van der Waals surface area contributed by atoms with E-state index in [-0.39, 0.29) is 13.0 Å². The van der Waals surface area contributed by atoms with Crippen molar-refractivity contribution in [3.05, 3.63) is 35.9 Å². The normalized spacial score (nSPS) is 13.2. The summed E-state index contributed by atoms with van der Waals surface area (Å²) in [5, 5.41) is 0. The standard InChI is InChI=1S/C18H26FNO3/c1-4-5-6-10-13-18(2,19)16(21)20(17(22)23-3)14-15-11-8-7-9-12-15/h7-9,11-12H,4-6,10,13-14H2,1-3H3. The minimum atomic E-state index is -2.07. The van der Waals surface area contributed by atoms with Gasteiger partial charge in [0.2, 0.25) is 0 Å². The molecular formula is C18H26FNO3. The molecule has 1 unspecified atom stereocenters. The smallest absolute Gasteiger partial charge is 0.416 e. The molecule has 0 aliphatic carbocycles. The summed E-state index contributed by atoms with van der Waals surface area (Å²) in [7, 11) is 1.18. The fourth-order valence-corrected chi connectivity index (χ4v) is 2.37. The van der Waals surface area contributed by atoms with Gasteiger partial charge in [0.25, 0.3) is 5.91 Å². The van der Waals surface area contributed by atoms with Crippen LogP contribution in [0.25, 0.3) is 0 Å². The second-order valence-electron chi connectivity index (χ2n) is 5.86. The summed E-state index contributed by atoms with van der Waals surface area (Å²) in [4.78, 5) is 25.2. The molecule has 23 heavy (non-hydrogen) atoms. The predicted octanol–water partition coefficient (Wildman–Crippen LogP) is 4.48. The average Bonchev–Trinajstić information content (AvgIpc) is 2.56. The number of methoxy groups -OCH3 is 1. The number of benzene rings is 1. The third-order valence-electron chi connectivity index (χ3n) is 3.77. The van der Waals surface area contributed by atoms with E-state index in [2.05, 4.69) is 11.7 Å². The van der Waals surface area contributed by atoms with Crippen molar-refractivity contribution in [2.45, 2.75) is 58.2 Å². The summed E-state index contributed by atoms with van der Waals surface area (Å²) in [6.07, 6.45) is 2.81. The quantitative estimate of drug-likeness (QED) is 0.663. The Balaban J connectivity index is 2.80. The number of hydrogen-bond donors (Lipinski definition) is 0. The van der Waals surface area contributed by atoms with Gasteiger partial charge in [-0.3, -0.25) is 4.79 Å². The van der Waals surface area contributed by atoms with Crippen LogP contribution in [0.4, 0.5) is 9.18 Å². The number of unbranched alkanes of at least 4 members (excludes halogenated alkanes) is 3. The topological polar surface area (TPSA) is 46.6 Å². The fourth-order valence-electron chi connectivity index (χ4n) is 2.37. The lowest BCUT2D eigenvalue weighted by Crippen LogP contribution is -2.47. The van der Waals surface area contributed by atoms with Crippen LogP contribution in [-0.4, -0.2) is 29.7 Å². The van der Waals surface area contributed by atoms with E-state index >= 15 is 0 Å². The molecule has 128 valence electrons. The molecule has 1 aromatic rings. The number of carbonyl (C=O) groups is 2. The van der Waals surface area contributed by atoms with Gasteiger partial charge in [-0.1, -0.05) is 56.5 Å². The van der Waals surface area contributed by atoms with E-state index < -0.39 is 17.7 Å². The Morgan fingerprint density at radius 3 is 2.39 bits per heavy atom. The highest BCUT2D eigenvalue weighted by Gasteiger charge is 2.39. The molecule has 0 aromatic heterocycles. The van der Waals surface area contributed by atoms with E-state index in [1.807, 2.05) is 6.07 Å². The average molecular weight is 323 g/mol. The van der Waals surface area contributed by atoms with Crippen molar-refractivity contribution in [1.29, 1.82) is 0 Å². The Morgan fingerprint density at radius 1 is 1.17 bits per heavy atom. The van der Waals surface area contributed by atoms with Gasteiger partial charge < -0.3 is 4.74 Å². The van der Waals surface area contributed by atoms with Gasteiger partial charge in [-0.15, -0.1) is 0 Å². The molecule has 0 bridgehead atoms. The second kappa shape index (κ2) is 9.28. The number of imide groups is 1. The SMILES string of the molecule is CCCCCCC(C)(F)C(=O)N(Cc1ccccc1)C(=O)OC. The summed E-state index contributed by atoms with van der Waals surface area (Å²) in [6.45, 7) is 3.31. The number of nitrogens with zero attached hydrogens (tertiary/aromatic N) is 1. The molecule has 5 heteroatoms. The van der Waals surface area contributed by atoms with Crippen LogP contribution in [-0.2, 0) is 16.1 Å². The molecular weight excluding hydrogens is 297 g/mol. The van der Waals surface area contributed by atoms with Crippen LogP contribution in [0.15, 0.2) is 30.3 Å². The van der Waals surface area contributed by atoms with Crippen LogP contribution in [0.5, 0.6) is 0 Å². The Bertz CT molecular complexity index is 502. The first-order valence-corrected chi connectivity index (χ1v) is 8.05.